The second-order valence-electron chi connectivity index (χ2n) is 3.87. The zero-order valence-corrected chi connectivity index (χ0v) is 12.4. The van der Waals surface area contributed by atoms with Crippen LogP contribution in [-0.2, 0) is 6.42 Å². The fourth-order valence-corrected chi connectivity index (χ4v) is 3.58. The number of ether oxygens (including phenoxy) is 1. The van der Waals surface area contributed by atoms with Crippen molar-refractivity contribution in [3.63, 3.8) is 0 Å². The van der Waals surface area contributed by atoms with Gasteiger partial charge in [-0.1, -0.05) is 18.2 Å². The molecule has 1 heterocycles. The summed E-state index contributed by atoms with van der Waals surface area (Å²) in [6, 6.07) is 10.1. The van der Waals surface area contributed by atoms with E-state index in [1.165, 1.54) is 4.88 Å². The van der Waals surface area contributed by atoms with Gasteiger partial charge in [0, 0.05) is 9.35 Å². The molecule has 1 unspecified atom stereocenters. The summed E-state index contributed by atoms with van der Waals surface area (Å²) in [7, 11) is 1.69. The molecule has 0 saturated carbocycles. The molecule has 3 nitrogen and oxygen atoms in total. The van der Waals surface area contributed by atoms with Crippen LogP contribution in [0.5, 0.6) is 5.75 Å². The molecule has 2 aromatic rings. The van der Waals surface area contributed by atoms with Crippen LogP contribution in [0, 0.1) is 0 Å². The van der Waals surface area contributed by atoms with E-state index in [0.29, 0.717) is 0 Å². The fourth-order valence-electron chi connectivity index (χ4n) is 1.87. The van der Waals surface area contributed by atoms with E-state index in [-0.39, 0.29) is 6.04 Å². The molecule has 2 rings (SSSR count). The van der Waals surface area contributed by atoms with Crippen molar-refractivity contribution in [3.05, 3.63) is 50.6 Å². The molecule has 0 fully saturated rings. The van der Waals surface area contributed by atoms with Crippen LogP contribution in [-0.4, -0.2) is 7.11 Å². The number of benzene rings is 1. The van der Waals surface area contributed by atoms with Gasteiger partial charge in [-0.25, -0.2) is 0 Å². The molecule has 1 aromatic carbocycles. The first-order chi connectivity index (χ1) is 8.76. The van der Waals surface area contributed by atoms with E-state index in [9.17, 15) is 0 Å². The zero-order chi connectivity index (χ0) is 13.0. The predicted molar refractivity (Wildman–Crippen MR) is 78.8 cm³/mol. The molecule has 0 aliphatic carbocycles. The van der Waals surface area contributed by atoms with E-state index in [0.717, 1.165) is 22.2 Å². The van der Waals surface area contributed by atoms with Crippen molar-refractivity contribution >= 4 is 27.3 Å². The summed E-state index contributed by atoms with van der Waals surface area (Å²) in [5.41, 5.74) is 4.01. The molecule has 1 aromatic heterocycles. The lowest BCUT2D eigenvalue weighted by molar-refractivity contribution is 0.406. The van der Waals surface area contributed by atoms with Gasteiger partial charge in [-0.2, -0.15) is 0 Å². The third-order valence-corrected chi connectivity index (χ3v) is 4.76. The van der Waals surface area contributed by atoms with Crippen molar-refractivity contribution < 1.29 is 4.74 Å². The molecule has 0 saturated heterocycles. The summed E-state index contributed by atoms with van der Waals surface area (Å²) < 4.78 is 6.45. The van der Waals surface area contributed by atoms with Crippen LogP contribution in [0.4, 0.5) is 0 Å². The van der Waals surface area contributed by atoms with Crippen LogP contribution in [0.2, 0.25) is 0 Å². The minimum Gasteiger partial charge on any atom is -0.496 e. The van der Waals surface area contributed by atoms with Gasteiger partial charge in [0.25, 0.3) is 0 Å². The largest absolute Gasteiger partial charge is 0.496 e. The number of thiophene rings is 1. The second kappa shape index (κ2) is 6.33. The maximum atomic E-state index is 5.67. The summed E-state index contributed by atoms with van der Waals surface area (Å²) in [5, 5.41) is 2.05. The number of hydrogen-bond acceptors (Lipinski definition) is 4. The molecule has 18 heavy (non-hydrogen) atoms. The third kappa shape index (κ3) is 2.92. The molecule has 0 radical (unpaired) electrons. The van der Waals surface area contributed by atoms with Gasteiger partial charge in [0.1, 0.15) is 5.75 Å². The molecule has 96 valence electrons. The molecule has 0 aliphatic heterocycles. The summed E-state index contributed by atoms with van der Waals surface area (Å²) in [6.07, 6.45) is 0.791. The molecule has 3 N–H and O–H groups in total. The standard InChI is InChI=1S/C13H15BrN2OS/c1-17-12-5-3-2-4-9(12)8-11(16-15)13-10(14)6-7-18-13/h2-7,11,16H,8,15H2,1H3. The van der Waals surface area contributed by atoms with Gasteiger partial charge in [-0.05, 0) is 45.4 Å². The van der Waals surface area contributed by atoms with Gasteiger partial charge < -0.3 is 4.74 Å². The topological polar surface area (TPSA) is 47.3 Å². The quantitative estimate of drug-likeness (QED) is 0.654. The highest BCUT2D eigenvalue weighted by Crippen LogP contribution is 2.32. The minimum atomic E-state index is 0.0793. The Bertz CT molecular complexity index is 515. The van der Waals surface area contributed by atoms with Gasteiger partial charge in [0.05, 0.1) is 13.2 Å². The number of nitrogens with two attached hydrogens (primary N) is 1. The van der Waals surface area contributed by atoms with Crippen molar-refractivity contribution in [3.8, 4) is 5.75 Å². The molecule has 0 amide bonds. The van der Waals surface area contributed by atoms with Crippen molar-refractivity contribution in [1.29, 1.82) is 0 Å². The number of hydrogen-bond donors (Lipinski definition) is 2. The average molecular weight is 327 g/mol. The van der Waals surface area contributed by atoms with Crippen LogP contribution >= 0.6 is 27.3 Å². The Kier molecular flexibility index (Phi) is 4.77. The molecule has 0 spiro atoms. The van der Waals surface area contributed by atoms with E-state index in [1.54, 1.807) is 18.4 Å². The highest BCUT2D eigenvalue weighted by molar-refractivity contribution is 9.10. The Hall–Kier alpha value is -0.880. The molecule has 0 aliphatic rings. The van der Waals surface area contributed by atoms with Crippen molar-refractivity contribution in [1.82, 2.24) is 5.43 Å². The lowest BCUT2D eigenvalue weighted by atomic mass is 10.0. The van der Waals surface area contributed by atoms with E-state index >= 15 is 0 Å². The highest BCUT2D eigenvalue weighted by atomic mass is 79.9. The summed E-state index contributed by atoms with van der Waals surface area (Å²) in [6.45, 7) is 0. The summed E-state index contributed by atoms with van der Waals surface area (Å²) in [5.74, 6) is 6.56. The van der Waals surface area contributed by atoms with Crippen molar-refractivity contribution in [2.45, 2.75) is 12.5 Å². The monoisotopic (exact) mass is 326 g/mol. The Morgan fingerprint density at radius 3 is 2.78 bits per heavy atom. The van der Waals surface area contributed by atoms with Crippen molar-refractivity contribution in [2.75, 3.05) is 7.11 Å². The number of hydrazine groups is 1. The maximum absolute atomic E-state index is 5.67. The molecule has 0 bridgehead atoms. The van der Waals surface area contributed by atoms with E-state index < -0.39 is 0 Å². The van der Waals surface area contributed by atoms with E-state index in [4.69, 9.17) is 10.6 Å². The molecule has 1 atom stereocenters. The summed E-state index contributed by atoms with van der Waals surface area (Å²) in [4.78, 5) is 1.20. The Labute approximate surface area is 119 Å². The SMILES string of the molecule is COc1ccccc1CC(NN)c1sccc1Br. The lowest BCUT2D eigenvalue weighted by Crippen LogP contribution is -2.29. The molecular weight excluding hydrogens is 312 g/mol. The van der Waals surface area contributed by atoms with Gasteiger partial charge >= 0.3 is 0 Å². The Morgan fingerprint density at radius 1 is 1.39 bits per heavy atom. The lowest BCUT2D eigenvalue weighted by Gasteiger charge is -2.17. The number of nitrogens with one attached hydrogen (secondary N) is 1. The number of para-hydroxylation sites is 1. The van der Waals surface area contributed by atoms with Crippen LogP contribution in [0.3, 0.4) is 0 Å². The second-order valence-corrected chi connectivity index (χ2v) is 5.67. The first kappa shape index (κ1) is 13.5. The average Bonchev–Trinajstić information content (AvgIpc) is 2.82. The molecule has 5 heteroatoms. The van der Waals surface area contributed by atoms with E-state index in [1.807, 2.05) is 29.6 Å². The van der Waals surface area contributed by atoms with Crippen molar-refractivity contribution in [2.24, 2.45) is 5.84 Å². The zero-order valence-electron chi connectivity index (χ0n) is 10.0. The number of rotatable bonds is 5. The first-order valence-electron chi connectivity index (χ1n) is 5.57. The van der Waals surface area contributed by atoms with Crippen LogP contribution in [0.15, 0.2) is 40.2 Å². The maximum Gasteiger partial charge on any atom is 0.122 e. The van der Waals surface area contributed by atoms with Crippen LogP contribution in [0.25, 0.3) is 0 Å². The normalized spacial score (nSPS) is 12.4. The van der Waals surface area contributed by atoms with Gasteiger partial charge in [0.15, 0.2) is 0 Å². The third-order valence-electron chi connectivity index (χ3n) is 2.78. The Morgan fingerprint density at radius 2 is 2.17 bits per heavy atom. The van der Waals surface area contributed by atoms with Gasteiger partial charge in [0.2, 0.25) is 0 Å². The number of halogens is 1. The van der Waals surface area contributed by atoms with Crippen LogP contribution in [0.1, 0.15) is 16.5 Å². The smallest absolute Gasteiger partial charge is 0.122 e. The van der Waals surface area contributed by atoms with Crippen LogP contribution < -0.4 is 16.0 Å². The number of methoxy groups -OCH3 is 1. The predicted octanol–water partition coefficient (Wildman–Crippen LogP) is 3.27. The molecular formula is C13H15BrN2OS. The first-order valence-corrected chi connectivity index (χ1v) is 7.24. The minimum absolute atomic E-state index is 0.0793. The fraction of sp³-hybridized carbons (Fsp3) is 0.231. The van der Waals surface area contributed by atoms with Gasteiger partial charge in [-0.15, -0.1) is 11.3 Å². The summed E-state index contributed by atoms with van der Waals surface area (Å²) >= 11 is 5.23. The van der Waals surface area contributed by atoms with E-state index in [2.05, 4.69) is 27.4 Å². The highest BCUT2D eigenvalue weighted by Gasteiger charge is 2.16. The Balaban J connectivity index is 2.23. The van der Waals surface area contributed by atoms with Gasteiger partial charge in [-0.3, -0.25) is 11.3 Å².